The highest BCUT2D eigenvalue weighted by Gasteiger charge is 2.39. The molecule has 1 amide bonds. The number of carbonyl (C=O) groups is 7. The number of hydrogen-bond donors (Lipinski definition) is 0. The maximum absolute atomic E-state index is 13.5. The van der Waals surface area contributed by atoms with E-state index in [1.807, 2.05) is 20.8 Å². The molecule has 1 saturated heterocycles. The van der Waals surface area contributed by atoms with Gasteiger partial charge in [0, 0.05) is 44.9 Å². The highest BCUT2D eigenvalue weighted by molar-refractivity contribution is 5.78. The Kier molecular flexibility index (Phi) is 53.1. The highest BCUT2D eigenvalue weighted by Crippen LogP contribution is 2.26. The van der Waals surface area contributed by atoms with Crippen molar-refractivity contribution in [2.75, 3.05) is 46.2 Å². The van der Waals surface area contributed by atoms with Gasteiger partial charge in [-0.15, -0.1) is 0 Å². The molecular formula is C61H113NO14. The van der Waals surface area contributed by atoms with E-state index < -0.39 is 65.9 Å². The van der Waals surface area contributed by atoms with Crippen LogP contribution in [0.3, 0.4) is 0 Å². The van der Waals surface area contributed by atoms with Gasteiger partial charge in [0.05, 0.1) is 45.6 Å². The Morgan fingerprint density at radius 2 is 0.658 bits per heavy atom. The van der Waals surface area contributed by atoms with Crippen LogP contribution in [0.4, 0.5) is 4.79 Å². The molecule has 1 fully saturated rings. The number of unbranched alkanes of at least 4 members (excludes halogenated alkanes) is 21. The van der Waals surface area contributed by atoms with Crippen molar-refractivity contribution >= 4 is 41.9 Å². The number of ether oxygens (including phenoxy) is 7. The van der Waals surface area contributed by atoms with E-state index in [0.29, 0.717) is 6.42 Å². The zero-order chi connectivity index (χ0) is 56.9. The average Bonchev–Trinajstić information content (AvgIpc) is 3.81. The van der Waals surface area contributed by atoms with E-state index >= 15 is 0 Å². The van der Waals surface area contributed by atoms with Crippen LogP contribution in [-0.2, 0) is 61.9 Å². The third kappa shape index (κ3) is 45.1. The molecule has 1 aliphatic rings. The number of hydrogen-bond acceptors (Lipinski definition) is 14. The second-order valence-electron chi connectivity index (χ2n) is 20.4. The van der Waals surface area contributed by atoms with Crippen molar-refractivity contribution in [2.45, 2.75) is 293 Å². The van der Waals surface area contributed by atoms with Crippen LogP contribution in [0.5, 0.6) is 0 Å². The van der Waals surface area contributed by atoms with Gasteiger partial charge in [-0.2, -0.15) is 0 Å². The maximum atomic E-state index is 13.5. The van der Waals surface area contributed by atoms with Crippen LogP contribution in [0.15, 0.2) is 0 Å². The lowest BCUT2D eigenvalue weighted by atomic mass is 9.97. The Morgan fingerprint density at radius 1 is 0.355 bits per heavy atom. The van der Waals surface area contributed by atoms with Crippen molar-refractivity contribution in [2.24, 2.45) is 11.8 Å². The van der Waals surface area contributed by atoms with E-state index in [9.17, 15) is 33.6 Å². The van der Waals surface area contributed by atoms with Crippen LogP contribution in [0.2, 0.25) is 0 Å². The van der Waals surface area contributed by atoms with Crippen LogP contribution in [-0.4, -0.2) is 105 Å². The summed E-state index contributed by atoms with van der Waals surface area (Å²) in [7, 11) is 0. The number of nitrogens with zero attached hydrogens (tertiary/aromatic N) is 1. The fourth-order valence-corrected chi connectivity index (χ4v) is 8.45. The van der Waals surface area contributed by atoms with Gasteiger partial charge in [-0.3, -0.25) is 33.7 Å². The van der Waals surface area contributed by atoms with E-state index in [1.165, 1.54) is 43.4 Å². The molecule has 0 aromatic rings. The van der Waals surface area contributed by atoms with Gasteiger partial charge in [0.25, 0.3) is 0 Å². The fraction of sp³-hybridized carbons (Fsp3) is 0.885. The smallest absolute Gasteiger partial charge is 0.410 e. The summed E-state index contributed by atoms with van der Waals surface area (Å²) in [6.45, 7) is 19.8. The highest BCUT2D eigenvalue weighted by atomic mass is 16.6. The van der Waals surface area contributed by atoms with Crippen molar-refractivity contribution in [1.82, 2.24) is 4.90 Å². The summed E-state index contributed by atoms with van der Waals surface area (Å²) in [5.74, 6) is -4.78. The molecule has 0 radical (unpaired) electrons. The SMILES string of the molecule is CC.CCCC.CCCCCCCCOC(=O)CC(CC(=O)OCCCCCCCC)CC(=O)OCC1CC(OC(=O)CC(CC(=O)OCCCCCCCC)CC(=O)OCCCCCCCC)CN1C(=O)OCCC. The lowest BCUT2D eigenvalue weighted by Gasteiger charge is -2.23. The summed E-state index contributed by atoms with van der Waals surface area (Å²) >= 11 is 0. The minimum atomic E-state index is -0.791. The molecule has 0 spiro atoms. The summed E-state index contributed by atoms with van der Waals surface area (Å²) in [5, 5.41) is 0. The predicted molar refractivity (Wildman–Crippen MR) is 302 cm³/mol. The number of esters is 6. The molecule has 2 unspecified atom stereocenters. The number of rotatable bonds is 46. The van der Waals surface area contributed by atoms with Gasteiger partial charge in [-0.25, -0.2) is 4.79 Å². The van der Waals surface area contributed by atoms with Gasteiger partial charge >= 0.3 is 41.9 Å². The molecule has 1 aliphatic heterocycles. The zero-order valence-corrected chi connectivity index (χ0v) is 50.0. The standard InChI is InChI=1S/C55H97NO14.C4H10.C2H6/c1-6-11-15-19-23-27-32-64-49(57)36-45(37-50(58)65-33-28-24-20-16-12-7-2)40-53(61)69-44-47-42-48(43-56(47)55(63)68-31-10-5)70-54(62)41-46(38-51(59)66-34-29-25-21-17-13-8-3)39-52(60)67-35-30-26-22-18-14-9-4;1-3-4-2;1-2/h45-48H,6-44H2,1-5H3;3-4H2,1-2H3;1-2H3. The Hall–Kier alpha value is -3.91. The molecule has 0 saturated carbocycles. The normalized spacial score (nSPS) is 13.8. The molecule has 0 aromatic carbocycles. The molecular weight excluding hydrogens is 971 g/mol. The van der Waals surface area contributed by atoms with Crippen LogP contribution in [0, 0.1) is 11.8 Å². The third-order valence-corrected chi connectivity index (χ3v) is 13.1. The second kappa shape index (κ2) is 54.4. The van der Waals surface area contributed by atoms with Gasteiger partial charge in [-0.1, -0.05) is 204 Å². The molecule has 0 bridgehead atoms. The Bertz CT molecular complexity index is 1380. The van der Waals surface area contributed by atoms with Crippen molar-refractivity contribution < 1.29 is 66.7 Å². The molecule has 446 valence electrons. The van der Waals surface area contributed by atoms with Gasteiger partial charge in [0.15, 0.2) is 0 Å². The lowest BCUT2D eigenvalue weighted by Crippen LogP contribution is -2.39. The summed E-state index contributed by atoms with van der Waals surface area (Å²) in [6.07, 6.45) is 25.5. The van der Waals surface area contributed by atoms with E-state index in [0.717, 1.165) is 128 Å². The fourth-order valence-electron chi connectivity index (χ4n) is 8.45. The van der Waals surface area contributed by atoms with Crippen molar-refractivity contribution in [1.29, 1.82) is 0 Å². The van der Waals surface area contributed by atoms with E-state index in [4.69, 9.17) is 33.2 Å². The maximum Gasteiger partial charge on any atom is 0.410 e. The summed E-state index contributed by atoms with van der Waals surface area (Å²) in [4.78, 5) is 93.2. The first kappa shape index (κ1) is 74.2. The first-order valence-electron chi connectivity index (χ1n) is 30.8. The van der Waals surface area contributed by atoms with Crippen molar-refractivity contribution in [3.05, 3.63) is 0 Å². The molecule has 15 heteroatoms. The first-order valence-corrected chi connectivity index (χ1v) is 30.8. The molecule has 0 N–H and O–H groups in total. The van der Waals surface area contributed by atoms with Gasteiger partial charge in [-0.05, 0) is 43.9 Å². The molecule has 15 nitrogen and oxygen atoms in total. The third-order valence-electron chi connectivity index (χ3n) is 13.1. The molecule has 0 aliphatic carbocycles. The summed E-state index contributed by atoms with van der Waals surface area (Å²) in [6, 6.07) is -0.709. The lowest BCUT2D eigenvalue weighted by molar-refractivity contribution is -0.154. The van der Waals surface area contributed by atoms with Gasteiger partial charge in [0.1, 0.15) is 12.7 Å². The average molecular weight is 1080 g/mol. The Morgan fingerprint density at radius 3 is 0.974 bits per heavy atom. The predicted octanol–water partition coefficient (Wildman–Crippen LogP) is 15.1. The monoisotopic (exact) mass is 1080 g/mol. The molecule has 1 heterocycles. The molecule has 76 heavy (non-hydrogen) atoms. The Labute approximate surface area is 462 Å². The summed E-state index contributed by atoms with van der Waals surface area (Å²) in [5.41, 5.74) is 0. The number of carbonyl (C=O) groups excluding carboxylic acids is 7. The van der Waals surface area contributed by atoms with Crippen LogP contribution in [0.25, 0.3) is 0 Å². The van der Waals surface area contributed by atoms with Crippen LogP contribution in [0.1, 0.15) is 281 Å². The van der Waals surface area contributed by atoms with Crippen LogP contribution < -0.4 is 0 Å². The molecule has 1 rings (SSSR count). The number of amides is 1. The van der Waals surface area contributed by atoms with E-state index in [1.54, 1.807) is 0 Å². The summed E-state index contributed by atoms with van der Waals surface area (Å²) < 4.78 is 38.9. The first-order chi connectivity index (χ1) is 36.9. The Balaban J connectivity index is 0. The zero-order valence-electron chi connectivity index (χ0n) is 50.0. The van der Waals surface area contributed by atoms with Gasteiger partial charge < -0.3 is 33.2 Å². The minimum absolute atomic E-state index is 0.0285. The quantitative estimate of drug-likeness (QED) is 0.0318. The topological polar surface area (TPSA) is 187 Å². The van der Waals surface area contributed by atoms with Gasteiger partial charge in [0.2, 0.25) is 0 Å². The van der Waals surface area contributed by atoms with E-state index in [2.05, 4.69) is 41.5 Å². The van der Waals surface area contributed by atoms with Crippen LogP contribution >= 0.6 is 0 Å². The van der Waals surface area contributed by atoms with Crippen molar-refractivity contribution in [3.63, 3.8) is 0 Å². The van der Waals surface area contributed by atoms with E-state index in [-0.39, 0.29) is 91.1 Å². The second-order valence-corrected chi connectivity index (χ2v) is 20.4. The number of likely N-dealkylation sites (tertiary alicyclic amines) is 1. The molecule has 2 atom stereocenters. The largest absolute Gasteiger partial charge is 0.466 e. The minimum Gasteiger partial charge on any atom is -0.466 e. The van der Waals surface area contributed by atoms with Crippen molar-refractivity contribution in [3.8, 4) is 0 Å². The molecule has 0 aromatic heterocycles.